The Morgan fingerprint density at radius 1 is 1.15 bits per heavy atom. The van der Waals surface area contributed by atoms with E-state index in [1.54, 1.807) is 26.0 Å². The molecule has 1 aliphatic heterocycles. The summed E-state index contributed by atoms with van der Waals surface area (Å²) in [5, 5.41) is 19.0. The summed E-state index contributed by atoms with van der Waals surface area (Å²) >= 11 is 0. The molecule has 33 heavy (non-hydrogen) atoms. The van der Waals surface area contributed by atoms with Gasteiger partial charge in [0.15, 0.2) is 0 Å². The van der Waals surface area contributed by atoms with E-state index in [0.717, 1.165) is 12.1 Å². The summed E-state index contributed by atoms with van der Waals surface area (Å²) in [7, 11) is 0. The van der Waals surface area contributed by atoms with Gasteiger partial charge >= 0.3 is 12.1 Å². The molecule has 0 amide bonds. The third-order valence-electron chi connectivity index (χ3n) is 5.24. The van der Waals surface area contributed by atoms with Gasteiger partial charge in [0.2, 0.25) is 0 Å². The quantitative estimate of drug-likeness (QED) is 0.674. The van der Waals surface area contributed by atoms with Crippen molar-refractivity contribution in [2.24, 2.45) is 5.73 Å². The Kier molecular flexibility index (Phi) is 6.45. The average molecular weight is 452 g/mol. The Morgan fingerprint density at radius 2 is 1.82 bits per heavy atom. The number of hydrogen-bond donors (Lipinski definition) is 1. The van der Waals surface area contributed by atoms with Crippen LogP contribution in [0.3, 0.4) is 0 Å². The molecule has 2 aromatic rings. The van der Waals surface area contributed by atoms with E-state index in [4.69, 9.17) is 15.7 Å². The number of hydrogen-bond acceptors (Lipinski definition) is 6. The van der Waals surface area contributed by atoms with E-state index >= 15 is 0 Å². The molecule has 6 nitrogen and oxygen atoms in total. The van der Waals surface area contributed by atoms with Gasteiger partial charge in [0, 0.05) is 11.4 Å². The maximum atomic E-state index is 13.3. The molecule has 1 atom stereocenters. The number of ether oxygens (including phenoxy) is 1. The lowest BCUT2D eigenvalue weighted by atomic mass is 9.81. The van der Waals surface area contributed by atoms with Crippen LogP contribution in [0.1, 0.15) is 36.5 Å². The minimum Gasteiger partial charge on any atom is -0.463 e. The van der Waals surface area contributed by atoms with Gasteiger partial charge in [0.05, 0.1) is 46.9 Å². The number of esters is 1. The minimum atomic E-state index is -4.59. The molecule has 1 heterocycles. The molecule has 0 radical (unpaired) electrons. The summed E-state index contributed by atoms with van der Waals surface area (Å²) in [6, 6.07) is 14.8. The number of nitriles is 2. The van der Waals surface area contributed by atoms with Gasteiger partial charge in [0.1, 0.15) is 5.82 Å². The van der Waals surface area contributed by atoms with Crippen LogP contribution >= 0.6 is 0 Å². The van der Waals surface area contributed by atoms with Crippen LogP contribution in [0.5, 0.6) is 0 Å². The molecule has 168 valence electrons. The number of allylic oxidation sites excluding steroid dienone is 2. The highest BCUT2D eigenvalue weighted by Crippen LogP contribution is 2.43. The van der Waals surface area contributed by atoms with Crippen molar-refractivity contribution in [1.82, 2.24) is 0 Å². The smallest absolute Gasteiger partial charge is 0.416 e. The summed E-state index contributed by atoms with van der Waals surface area (Å²) in [5.41, 5.74) is 6.74. The number of nitrogens with zero attached hydrogens (tertiary/aromatic N) is 3. The van der Waals surface area contributed by atoms with Crippen LogP contribution in [-0.2, 0) is 15.7 Å². The standard InChI is InChI=1S/C24H19F3N4O2/c1-3-33-23(32)21-20(16-9-7-15(12-28)8-10-16)19(13-29)14(2)31(22(21)30)18-6-4-5-17(11-18)24(25,26)27/h4-11,20H,3,30H2,1-2H3. The fraction of sp³-hybridized carbons (Fsp3) is 0.208. The molecule has 0 saturated carbocycles. The van der Waals surface area contributed by atoms with E-state index in [2.05, 4.69) is 6.07 Å². The number of rotatable bonds is 4. The Balaban J connectivity index is 2.27. The minimum absolute atomic E-state index is 0.0316. The van der Waals surface area contributed by atoms with Crippen molar-refractivity contribution < 1.29 is 22.7 Å². The Labute approximate surface area is 188 Å². The van der Waals surface area contributed by atoms with Crippen LogP contribution in [0.15, 0.2) is 71.2 Å². The lowest BCUT2D eigenvalue weighted by Crippen LogP contribution is -2.37. The van der Waals surface area contributed by atoms with Crippen molar-refractivity contribution in [3.8, 4) is 12.1 Å². The second-order valence-electron chi connectivity index (χ2n) is 7.18. The van der Waals surface area contributed by atoms with Crippen LogP contribution in [0.2, 0.25) is 0 Å². The molecule has 1 aliphatic rings. The number of nitrogens with two attached hydrogens (primary N) is 1. The second kappa shape index (κ2) is 9.09. The molecular formula is C24H19F3N4O2. The van der Waals surface area contributed by atoms with E-state index in [1.807, 2.05) is 6.07 Å². The van der Waals surface area contributed by atoms with Crippen molar-refractivity contribution in [3.05, 3.63) is 87.9 Å². The van der Waals surface area contributed by atoms with Gasteiger partial charge in [-0.15, -0.1) is 0 Å². The SMILES string of the molecule is CCOC(=O)C1=C(N)N(c2cccc(C(F)(F)F)c2)C(C)=C(C#N)C1c1ccc(C#N)cc1. The molecule has 0 spiro atoms. The number of anilines is 1. The third kappa shape index (κ3) is 4.39. The van der Waals surface area contributed by atoms with E-state index in [0.29, 0.717) is 11.1 Å². The van der Waals surface area contributed by atoms with Crippen LogP contribution in [0.4, 0.5) is 18.9 Å². The maximum Gasteiger partial charge on any atom is 0.416 e. The van der Waals surface area contributed by atoms with Crippen molar-refractivity contribution in [1.29, 1.82) is 10.5 Å². The molecule has 0 aliphatic carbocycles. The Bertz CT molecular complexity index is 1230. The summed E-state index contributed by atoms with van der Waals surface area (Å²) in [5.74, 6) is -1.84. The summed E-state index contributed by atoms with van der Waals surface area (Å²) in [6.07, 6.45) is -4.59. The Morgan fingerprint density at radius 3 is 2.36 bits per heavy atom. The Hall–Kier alpha value is -4.24. The highest BCUT2D eigenvalue weighted by atomic mass is 19.4. The summed E-state index contributed by atoms with van der Waals surface area (Å²) in [6.45, 7) is 3.18. The predicted molar refractivity (Wildman–Crippen MR) is 114 cm³/mol. The molecule has 0 saturated heterocycles. The normalized spacial score (nSPS) is 16.3. The number of carbonyl (C=O) groups is 1. The predicted octanol–water partition coefficient (Wildman–Crippen LogP) is 4.71. The van der Waals surface area contributed by atoms with E-state index in [-0.39, 0.29) is 35.0 Å². The molecule has 0 fully saturated rings. The zero-order valence-corrected chi connectivity index (χ0v) is 17.8. The first-order valence-corrected chi connectivity index (χ1v) is 9.89. The molecule has 3 rings (SSSR count). The monoisotopic (exact) mass is 452 g/mol. The molecule has 2 N–H and O–H groups in total. The van der Waals surface area contributed by atoms with Gasteiger partial charge in [-0.2, -0.15) is 23.7 Å². The first-order chi connectivity index (χ1) is 15.6. The summed E-state index contributed by atoms with van der Waals surface area (Å²) in [4.78, 5) is 14.2. The zero-order chi connectivity index (χ0) is 24.3. The molecule has 0 bridgehead atoms. The van der Waals surface area contributed by atoms with Crippen LogP contribution in [0, 0.1) is 22.7 Å². The number of alkyl halides is 3. The molecule has 9 heteroatoms. The highest BCUT2D eigenvalue weighted by Gasteiger charge is 2.39. The van der Waals surface area contributed by atoms with Crippen molar-refractivity contribution >= 4 is 11.7 Å². The van der Waals surface area contributed by atoms with Crippen LogP contribution in [-0.4, -0.2) is 12.6 Å². The van der Waals surface area contributed by atoms with Crippen LogP contribution < -0.4 is 10.6 Å². The van der Waals surface area contributed by atoms with E-state index in [1.165, 1.54) is 29.2 Å². The molecule has 1 unspecified atom stereocenters. The fourth-order valence-corrected chi connectivity index (χ4v) is 3.74. The van der Waals surface area contributed by atoms with Gasteiger partial charge in [0.25, 0.3) is 0 Å². The largest absolute Gasteiger partial charge is 0.463 e. The number of benzene rings is 2. The zero-order valence-electron chi connectivity index (χ0n) is 17.8. The first kappa shape index (κ1) is 23.4. The van der Waals surface area contributed by atoms with Gasteiger partial charge in [-0.3, -0.25) is 4.90 Å². The van der Waals surface area contributed by atoms with E-state index in [9.17, 15) is 23.2 Å². The maximum absolute atomic E-state index is 13.3. The highest BCUT2D eigenvalue weighted by molar-refractivity contribution is 5.94. The van der Waals surface area contributed by atoms with Crippen molar-refractivity contribution in [3.63, 3.8) is 0 Å². The van der Waals surface area contributed by atoms with Gasteiger partial charge in [-0.25, -0.2) is 4.79 Å². The molecular weight excluding hydrogens is 433 g/mol. The van der Waals surface area contributed by atoms with Crippen LogP contribution in [0.25, 0.3) is 0 Å². The van der Waals surface area contributed by atoms with Crippen molar-refractivity contribution in [2.45, 2.75) is 25.9 Å². The topological polar surface area (TPSA) is 103 Å². The number of carbonyl (C=O) groups excluding carboxylic acids is 1. The first-order valence-electron chi connectivity index (χ1n) is 9.89. The molecule has 2 aromatic carbocycles. The number of halogens is 3. The second-order valence-corrected chi connectivity index (χ2v) is 7.18. The average Bonchev–Trinajstić information content (AvgIpc) is 2.78. The molecule has 0 aromatic heterocycles. The van der Waals surface area contributed by atoms with E-state index < -0.39 is 23.6 Å². The van der Waals surface area contributed by atoms with Crippen molar-refractivity contribution in [2.75, 3.05) is 11.5 Å². The lowest BCUT2D eigenvalue weighted by Gasteiger charge is -2.36. The fourth-order valence-electron chi connectivity index (χ4n) is 3.74. The third-order valence-corrected chi connectivity index (χ3v) is 5.24. The van der Waals surface area contributed by atoms with Gasteiger partial charge < -0.3 is 10.5 Å². The summed E-state index contributed by atoms with van der Waals surface area (Å²) < 4.78 is 45.1. The van der Waals surface area contributed by atoms with Gasteiger partial charge in [-0.05, 0) is 49.7 Å². The lowest BCUT2D eigenvalue weighted by molar-refractivity contribution is -0.139. The van der Waals surface area contributed by atoms with Gasteiger partial charge in [-0.1, -0.05) is 18.2 Å².